The van der Waals surface area contributed by atoms with E-state index in [2.05, 4.69) is 10.3 Å². The first kappa shape index (κ1) is 15.1. The van der Waals surface area contributed by atoms with Gasteiger partial charge in [-0.15, -0.1) is 0 Å². The molecule has 6 heteroatoms. The molecule has 122 valence electrons. The Kier molecular flexibility index (Phi) is 3.49. The van der Waals surface area contributed by atoms with Gasteiger partial charge in [0, 0.05) is 0 Å². The fraction of sp³-hybridized carbons (Fsp3) is 0.222. The number of phenolic OH excluding ortho intramolecular Hbond substituents is 1. The summed E-state index contributed by atoms with van der Waals surface area (Å²) in [6, 6.07) is 11.2. The SMILES string of the molecule is Cc1c(O)cccc1-c1ccc2nc(NC(=O)[C@@H]3C[C@@H]3F)sc2c1. The number of nitrogens with one attached hydrogen (secondary N) is 1. The van der Waals surface area contributed by atoms with Gasteiger partial charge in [0.2, 0.25) is 5.91 Å². The van der Waals surface area contributed by atoms with Crippen LogP contribution in [0.4, 0.5) is 9.52 Å². The Balaban J connectivity index is 1.66. The molecule has 24 heavy (non-hydrogen) atoms. The molecule has 0 aliphatic heterocycles. The largest absolute Gasteiger partial charge is 0.508 e. The van der Waals surface area contributed by atoms with Crippen LogP contribution in [0.5, 0.6) is 5.75 Å². The lowest BCUT2D eigenvalue weighted by molar-refractivity contribution is -0.117. The minimum Gasteiger partial charge on any atom is -0.508 e. The molecule has 1 aliphatic rings. The van der Waals surface area contributed by atoms with E-state index in [1.165, 1.54) is 11.3 Å². The number of nitrogens with zero attached hydrogens (tertiary/aromatic N) is 1. The van der Waals surface area contributed by atoms with E-state index in [-0.39, 0.29) is 11.7 Å². The van der Waals surface area contributed by atoms with E-state index in [9.17, 15) is 14.3 Å². The molecule has 4 nitrogen and oxygen atoms in total. The average molecular weight is 342 g/mol. The second-order valence-corrected chi connectivity index (χ2v) is 7.03. The summed E-state index contributed by atoms with van der Waals surface area (Å²) >= 11 is 1.36. The highest BCUT2D eigenvalue weighted by Crippen LogP contribution is 2.37. The third-order valence-corrected chi connectivity index (χ3v) is 5.22. The molecule has 1 fully saturated rings. The van der Waals surface area contributed by atoms with E-state index in [1.54, 1.807) is 6.07 Å². The number of thiazole rings is 1. The molecule has 0 saturated heterocycles. The summed E-state index contributed by atoms with van der Waals surface area (Å²) < 4.78 is 13.9. The topological polar surface area (TPSA) is 62.2 Å². The van der Waals surface area contributed by atoms with Crippen LogP contribution in [-0.4, -0.2) is 22.2 Å². The third kappa shape index (κ3) is 2.63. The van der Waals surface area contributed by atoms with Crippen molar-refractivity contribution in [2.75, 3.05) is 5.32 Å². The van der Waals surface area contributed by atoms with Crippen molar-refractivity contribution in [2.24, 2.45) is 5.92 Å². The van der Waals surface area contributed by atoms with Crippen molar-refractivity contribution >= 4 is 32.6 Å². The van der Waals surface area contributed by atoms with E-state index >= 15 is 0 Å². The van der Waals surface area contributed by atoms with Crippen molar-refractivity contribution in [3.05, 3.63) is 42.0 Å². The van der Waals surface area contributed by atoms with Gasteiger partial charge >= 0.3 is 0 Å². The number of rotatable bonds is 3. The van der Waals surface area contributed by atoms with Gasteiger partial charge in [-0.2, -0.15) is 0 Å². The van der Waals surface area contributed by atoms with E-state index in [0.29, 0.717) is 11.6 Å². The highest BCUT2D eigenvalue weighted by molar-refractivity contribution is 7.22. The van der Waals surface area contributed by atoms with Gasteiger partial charge < -0.3 is 10.4 Å². The van der Waals surface area contributed by atoms with Crippen molar-refractivity contribution in [1.82, 2.24) is 4.98 Å². The number of aromatic nitrogens is 1. The molecule has 2 atom stereocenters. The Bertz CT molecular complexity index is 953. The van der Waals surface area contributed by atoms with Crippen molar-refractivity contribution in [1.29, 1.82) is 0 Å². The molecule has 4 rings (SSSR count). The van der Waals surface area contributed by atoms with Gasteiger partial charge in [-0.3, -0.25) is 4.79 Å². The summed E-state index contributed by atoms with van der Waals surface area (Å²) in [5, 5.41) is 13.0. The maximum atomic E-state index is 12.9. The van der Waals surface area contributed by atoms with Gasteiger partial charge in [-0.25, -0.2) is 9.37 Å². The Morgan fingerprint density at radius 3 is 2.92 bits per heavy atom. The summed E-state index contributed by atoms with van der Waals surface area (Å²) in [6.45, 7) is 1.87. The predicted molar refractivity (Wildman–Crippen MR) is 93.1 cm³/mol. The Labute approximate surface area is 142 Å². The quantitative estimate of drug-likeness (QED) is 0.747. The van der Waals surface area contributed by atoms with Gasteiger partial charge in [0.25, 0.3) is 0 Å². The lowest BCUT2D eigenvalue weighted by Crippen LogP contribution is -2.14. The zero-order valence-corrected chi connectivity index (χ0v) is 13.7. The first-order chi connectivity index (χ1) is 11.5. The third-order valence-electron chi connectivity index (χ3n) is 4.28. The smallest absolute Gasteiger partial charge is 0.232 e. The molecule has 0 radical (unpaired) electrons. The van der Waals surface area contributed by atoms with Gasteiger partial charge in [0.05, 0.1) is 16.1 Å². The number of aromatic hydroxyl groups is 1. The predicted octanol–water partition coefficient (Wildman–Crippen LogP) is 4.27. The van der Waals surface area contributed by atoms with Crippen LogP contribution in [0.15, 0.2) is 36.4 Å². The van der Waals surface area contributed by atoms with Crippen LogP contribution in [0.1, 0.15) is 12.0 Å². The normalized spacial score (nSPS) is 19.4. The van der Waals surface area contributed by atoms with E-state index in [0.717, 1.165) is 26.9 Å². The van der Waals surface area contributed by atoms with E-state index in [4.69, 9.17) is 0 Å². The van der Waals surface area contributed by atoms with Crippen LogP contribution in [-0.2, 0) is 4.79 Å². The monoisotopic (exact) mass is 342 g/mol. The van der Waals surface area contributed by atoms with Crippen LogP contribution in [0.25, 0.3) is 21.3 Å². The van der Waals surface area contributed by atoms with Gasteiger partial charge in [-0.1, -0.05) is 29.5 Å². The number of phenols is 1. The second-order valence-electron chi connectivity index (χ2n) is 6.00. The molecular weight excluding hydrogens is 327 g/mol. The molecule has 0 unspecified atom stereocenters. The summed E-state index contributed by atoms with van der Waals surface area (Å²) in [5.74, 6) is -0.566. The van der Waals surface area contributed by atoms with Crippen LogP contribution in [0.3, 0.4) is 0 Å². The number of hydrogen-bond acceptors (Lipinski definition) is 4. The second kappa shape index (κ2) is 5.56. The Morgan fingerprint density at radius 1 is 1.38 bits per heavy atom. The zero-order valence-electron chi connectivity index (χ0n) is 12.9. The number of benzene rings is 2. The zero-order chi connectivity index (χ0) is 16.8. The summed E-state index contributed by atoms with van der Waals surface area (Å²) in [4.78, 5) is 16.2. The summed E-state index contributed by atoms with van der Waals surface area (Å²) in [7, 11) is 0. The molecule has 1 amide bonds. The molecule has 1 aromatic heterocycles. The van der Waals surface area contributed by atoms with Crippen molar-refractivity contribution in [2.45, 2.75) is 19.5 Å². The number of amides is 1. The fourth-order valence-corrected chi connectivity index (χ4v) is 3.62. The Hall–Kier alpha value is -2.47. The maximum absolute atomic E-state index is 12.9. The number of anilines is 1. The first-order valence-electron chi connectivity index (χ1n) is 7.67. The van der Waals surface area contributed by atoms with Gasteiger partial charge in [0.1, 0.15) is 11.9 Å². The van der Waals surface area contributed by atoms with Crippen LogP contribution in [0.2, 0.25) is 0 Å². The molecule has 1 heterocycles. The maximum Gasteiger partial charge on any atom is 0.232 e. The molecule has 1 saturated carbocycles. The van der Waals surface area contributed by atoms with Crippen molar-refractivity contribution < 1.29 is 14.3 Å². The van der Waals surface area contributed by atoms with Crippen molar-refractivity contribution in [3.63, 3.8) is 0 Å². The number of fused-ring (bicyclic) bond motifs is 1. The molecule has 3 aromatic rings. The minimum absolute atomic E-state index is 0.259. The number of carbonyl (C=O) groups is 1. The number of carbonyl (C=O) groups excluding carboxylic acids is 1. The molecule has 0 spiro atoms. The van der Waals surface area contributed by atoms with Gasteiger partial charge in [-0.05, 0) is 48.2 Å². The molecule has 0 bridgehead atoms. The molecular formula is C18H15FN2O2S. The summed E-state index contributed by atoms with van der Waals surface area (Å²) in [6.07, 6.45) is -0.711. The van der Waals surface area contributed by atoms with Crippen LogP contribution < -0.4 is 5.32 Å². The number of hydrogen-bond donors (Lipinski definition) is 2. The molecule has 2 aromatic carbocycles. The van der Waals surface area contributed by atoms with E-state index in [1.807, 2.05) is 37.3 Å². The lowest BCUT2D eigenvalue weighted by Gasteiger charge is -2.07. The lowest BCUT2D eigenvalue weighted by atomic mass is 10.00. The highest BCUT2D eigenvalue weighted by atomic mass is 32.1. The number of halogens is 1. The van der Waals surface area contributed by atoms with Crippen LogP contribution in [0, 0.1) is 12.8 Å². The summed E-state index contributed by atoms with van der Waals surface area (Å²) in [5.41, 5.74) is 3.53. The Morgan fingerprint density at radius 2 is 2.17 bits per heavy atom. The van der Waals surface area contributed by atoms with Gasteiger partial charge in [0.15, 0.2) is 5.13 Å². The first-order valence-corrected chi connectivity index (χ1v) is 8.49. The molecule has 2 N–H and O–H groups in total. The fourth-order valence-electron chi connectivity index (χ4n) is 2.72. The van der Waals surface area contributed by atoms with Crippen LogP contribution >= 0.6 is 11.3 Å². The number of alkyl halides is 1. The standard InChI is InChI=1S/C18H15FN2O2S/c1-9-11(3-2-4-15(9)22)10-5-6-14-16(7-10)24-18(20-14)21-17(23)12-8-13(12)19/h2-7,12-13,22H,8H2,1H3,(H,20,21,23)/t12-,13+/m1/s1. The van der Waals surface area contributed by atoms with Crippen molar-refractivity contribution in [3.8, 4) is 16.9 Å². The highest BCUT2D eigenvalue weighted by Gasteiger charge is 2.43. The van der Waals surface area contributed by atoms with E-state index < -0.39 is 12.1 Å². The minimum atomic E-state index is -1.01. The average Bonchev–Trinajstić information content (AvgIpc) is 3.15. The molecule has 1 aliphatic carbocycles.